The van der Waals surface area contributed by atoms with E-state index >= 15 is 0 Å². The number of rotatable bonds is 2. The minimum atomic E-state index is -4.25. The summed E-state index contributed by atoms with van der Waals surface area (Å²) in [6, 6.07) is 8.55. The van der Waals surface area contributed by atoms with Gasteiger partial charge in [-0.3, -0.25) is 4.55 Å². The smallest absolute Gasteiger partial charge is 0.282 e. The number of halogens is 2. The fourth-order valence-electron chi connectivity index (χ4n) is 1.50. The normalized spacial score (nSPS) is 11.5. The van der Waals surface area contributed by atoms with E-state index in [1.54, 1.807) is 0 Å². The van der Waals surface area contributed by atoms with Gasteiger partial charge in [0.1, 0.15) is 0 Å². The molecular formula is C12H8F2O3S. The molecule has 0 heterocycles. The van der Waals surface area contributed by atoms with E-state index in [1.165, 1.54) is 30.3 Å². The van der Waals surface area contributed by atoms with Crippen molar-refractivity contribution in [3.63, 3.8) is 0 Å². The van der Waals surface area contributed by atoms with Crippen LogP contribution in [-0.4, -0.2) is 13.0 Å². The summed E-state index contributed by atoms with van der Waals surface area (Å²) in [5.41, 5.74) is 0.928. The van der Waals surface area contributed by atoms with Crippen molar-refractivity contribution in [1.29, 1.82) is 0 Å². The third-order valence-electron chi connectivity index (χ3n) is 2.41. The third-order valence-corrected chi connectivity index (χ3v) is 3.27. The zero-order valence-corrected chi connectivity index (χ0v) is 9.79. The van der Waals surface area contributed by atoms with Crippen molar-refractivity contribution in [2.45, 2.75) is 4.90 Å². The van der Waals surface area contributed by atoms with Gasteiger partial charge in [0, 0.05) is 0 Å². The minimum Gasteiger partial charge on any atom is -0.282 e. The van der Waals surface area contributed by atoms with Crippen molar-refractivity contribution in [3.05, 3.63) is 54.1 Å². The molecule has 1 N–H and O–H groups in total. The van der Waals surface area contributed by atoms with Crippen LogP contribution in [0.15, 0.2) is 47.4 Å². The van der Waals surface area contributed by atoms with E-state index in [4.69, 9.17) is 4.55 Å². The Morgan fingerprint density at radius 1 is 0.833 bits per heavy atom. The SMILES string of the molecule is O=S(=O)(O)c1ccc(-c2ccc(F)c(F)c2)cc1. The quantitative estimate of drug-likeness (QED) is 0.854. The van der Waals surface area contributed by atoms with Crippen LogP contribution in [0, 0.1) is 11.6 Å². The molecule has 0 aliphatic heterocycles. The van der Waals surface area contributed by atoms with Gasteiger partial charge in [-0.2, -0.15) is 8.42 Å². The molecule has 0 aliphatic carbocycles. The first kappa shape index (κ1) is 12.7. The van der Waals surface area contributed by atoms with Gasteiger partial charge in [0.2, 0.25) is 0 Å². The Bertz CT molecular complexity index is 679. The average molecular weight is 270 g/mol. The van der Waals surface area contributed by atoms with Crippen LogP contribution in [-0.2, 0) is 10.1 Å². The van der Waals surface area contributed by atoms with Gasteiger partial charge in [-0.1, -0.05) is 18.2 Å². The minimum absolute atomic E-state index is 0.256. The summed E-state index contributed by atoms with van der Waals surface area (Å²) in [6.45, 7) is 0. The largest absolute Gasteiger partial charge is 0.294 e. The van der Waals surface area contributed by atoms with E-state index in [-0.39, 0.29) is 4.90 Å². The van der Waals surface area contributed by atoms with Crippen molar-refractivity contribution < 1.29 is 21.8 Å². The highest BCUT2D eigenvalue weighted by atomic mass is 32.2. The zero-order valence-electron chi connectivity index (χ0n) is 8.97. The van der Waals surface area contributed by atoms with E-state index in [0.29, 0.717) is 11.1 Å². The maximum atomic E-state index is 13.0. The highest BCUT2D eigenvalue weighted by Gasteiger charge is 2.09. The van der Waals surface area contributed by atoms with Crippen LogP contribution in [0.5, 0.6) is 0 Å². The molecule has 94 valence electrons. The van der Waals surface area contributed by atoms with Gasteiger partial charge in [0.05, 0.1) is 4.90 Å². The van der Waals surface area contributed by atoms with Crippen LogP contribution in [0.3, 0.4) is 0 Å². The molecule has 0 aromatic heterocycles. The lowest BCUT2D eigenvalue weighted by atomic mass is 10.1. The van der Waals surface area contributed by atoms with E-state index in [0.717, 1.165) is 12.1 Å². The van der Waals surface area contributed by atoms with Gasteiger partial charge in [-0.15, -0.1) is 0 Å². The summed E-state index contributed by atoms with van der Waals surface area (Å²) >= 11 is 0. The molecule has 0 saturated heterocycles. The van der Waals surface area contributed by atoms with Gasteiger partial charge in [0.15, 0.2) is 11.6 Å². The fourth-order valence-corrected chi connectivity index (χ4v) is 1.98. The zero-order chi connectivity index (χ0) is 13.3. The second-order valence-corrected chi connectivity index (χ2v) is 5.05. The Hall–Kier alpha value is -1.79. The van der Waals surface area contributed by atoms with Crippen LogP contribution in [0.2, 0.25) is 0 Å². The molecular weight excluding hydrogens is 262 g/mol. The molecule has 18 heavy (non-hydrogen) atoms. The maximum absolute atomic E-state index is 13.0. The van der Waals surface area contributed by atoms with Gasteiger partial charge < -0.3 is 0 Å². The summed E-state index contributed by atoms with van der Waals surface area (Å²) in [7, 11) is -4.25. The fraction of sp³-hybridized carbons (Fsp3) is 0. The van der Waals surface area contributed by atoms with Gasteiger partial charge in [-0.05, 0) is 35.4 Å². The molecule has 0 spiro atoms. The summed E-state index contributed by atoms with van der Waals surface area (Å²) < 4.78 is 56.2. The molecule has 0 saturated carbocycles. The van der Waals surface area contributed by atoms with E-state index in [9.17, 15) is 17.2 Å². The molecule has 0 bridgehead atoms. The first-order valence-corrected chi connectivity index (χ1v) is 6.35. The summed E-state index contributed by atoms with van der Waals surface area (Å²) in [5, 5.41) is 0. The average Bonchev–Trinajstić information content (AvgIpc) is 2.32. The molecule has 2 aromatic carbocycles. The van der Waals surface area contributed by atoms with Crippen molar-refractivity contribution in [3.8, 4) is 11.1 Å². The Morgan fingerprint density at radius 3 is 1.89 bits per heavy atom. The van der Waals surface area contributed by atoms with Gasteiger partial charge >= 0.3 is 0 Å². The summed E-state index contributed by atoms with van der Waals surface area (Å²) in [6.07, 6.45) is 0. The second-order valence-electron chi connectivity index (χ2n) is 3.63. The van der Waals surface area contributed by atoms with Crippen LogP contribution >= 0.6 is 0 Å². The van der Waals surface area contributed by atoms with Crippen LogP contribution in [0.1, 0.15) is 0 Å². The molecule has 6 heteroatoms. The molecule has 0 unspecified atom stereocenters. The molecule has 2 rings (SSSR count). The number of benzene rings is 2. The molecule has 0 aliphatic rings. The monoisotopic (exact) mass is 270 g/mol. The summed E-state index contributed by atoms with van der Waals surface area (Å²) in [4.78, 5) is -0.256. The van der Waals surface area contributed by atoms with Gasteiger partial charge in [0.25, 0.3) is 10.1 Å². The highest BCUT2D eigenvalue weighted by Crippen LogP contribution is 2.23. The Morgan fingerprint density at radius 2 is 1.39 bits per heavy atom. The molecule has 0 amide bonds. The topological polar surface area (TPSA) is 54.4 Å². The predicted octanol–water partition coefficient (Wildman–Crippen LogP) is 2.88. The second kappa shape index (κ2) is 4.47. The number of hydrogen-bond acceptors (Lipinski definition) is 2. The Labute approximate surface area is 102 Å². The lowest BCUT2D eigenvalue weighted by Gasteiger charge is -2.03. The highest BCUT2D eigenvalue weighted by molar-refractivity contribution is 7.85. The molecule has 3 nitrogen and oxygen atoms in total. The van der Waals surface area contributed by atoms with E-state index in [2.05, 4.69) is 0 Å². The van der Waals surface area contributed by atoms with E-state index < -0.39 is 21.8 Å². The lowest BCUT2D eigenvalue weighted by molar-refractivity contribution is 0.483. The Balaban J connectivity index is 2.43. The Kier molecular flexibility index (Phi) is 3.14. The summed E-state index contributed by atoms with van der Waals surface area (Å²) in [5.74, 6) is -1.93. The van der Waals surface area contributed by atoms with Crippen LogP contribution in [0.4, 0.5) is 8.78 Å². The third kappa shape index (κ3) is 2.55. The first-order chi connectivity index (χ1) is 8.38. The maximum Gasteiger partial charge on any atom is 0.294 e. The van der Waals surface area contributed by atoms with Crippen molar-refractivity contribution >= 4 is 10.1 Å². The lowest BCUT2D eigenvalue weighted by Crippen LogP contribution is -1.97. The van der Waals surface area contributed by atoms with E-state index in [1.807, 2.05) is 0 Å². The van der Waals surface area contributed by atoms with Crippen molar-refractivity contribution in [2.24, 2.45) is 0 Å². The first-order valence-electron chi connectivity index (χ1n) is 4.91. The standard InChI is InChI=1S/C12H8F2O3S/c13-11-6-3-9(7-12(11)14)8-1-4-10(5-2-8)18(15,16)17/h1-7H,(H,15,16,17). The van der Waals surface area contributed by atoms with Gasteiger partial charge in [-0.25, -0.2) is 8.78 Å². The molecule has 2 aromatic rings. The number of hydrogen-bond donors (Lipinski definition) is 1. The van der Waals surface area contributed by atoms with Crippen molar-refractivity contribution in [1.82, 2.24) is 0 Å². The van der Waals surface area contributed by atoms with Crippen LogP contribution in [0.25, 0.3) is 11.1 Å². The van der Waals surface area contributed by atoms with Crippen molar-refractivity contribution in [2.75, 3.05) is 0 Å². The molecule has 0 radical (unpaired) electrons. The predicted molar refractivity (Wildman–Crippen MR) is 61.6 cm³/mol. The molecule has 0 atom stereocenters. The molecule has 0 fully saturated rings. The van der Waals surface area contributed by atoms with Crippen LogP contribution < -0.4 is 0 Å².